The monoisotopic (exact) mass is 169 g/mol. The van der Waals surface area contributed by atoms with Crippen LogP contribution < -0.4 is 5.73 Å². The van der Waals surface area contributed by atoms with Crippen LogP contribution in [0, 0.1) is 11.8 Å². The van der Waals surface area contributed by atoms with Gasteiger partial charge in [-0.05, 0) is 5.92 Å². The summed E-state index contributed by atoms with van der Waals surface area (Å²) in [6.07, 6.45) is 2.79. The van der Waals surface area contributed by atoms with E-state index in [0.29, 0.717) is 5.70 Å². The van der Waals surface area contributed by atoms with Crippen molar-refractivity contribution in [2.24, 2.45) is 17.6 Å². The Hall–Kier alpha value is -1.25. The molecular formula is C9H15NO2. The number of hydrogen-bond donors (Lipinski definition) is 2. The lowest BCUT2D eigenvalue weighted by molar-refractivity contribution is -0.131. The molecule has 0 rings (SSSR count). The third kappa shape index (κ3) is 3.23. The maximum atomic E-state index is 10.2. The van der Waals surface area contributed by atoms with Gasteiger partial charge in [-0.2, -0.15) is 0 Å². The van der Waals surface area contributed by atoms with Gasteiger partial charge in [0.1, 0.15) is 0 Å². The molecule has 0 saturated heterocycles. The van der Waals surface area contributed by atoms with Gasteiger partial charge in [0, 0.05) is 17.7 Å². The molecule has 0 aromatic rings. The van der Waals surface area contributed by atoms with Crippen LogP contribution in [0.5, 0.6) is 0 Å². The van der Waals surface area contributed by atoms with Crippen LogP contribution in [-0.4, -0.2) is 11.1 Å². The van der Waals surface area contributed by atoms with Crippen molar-refractivity contribution in [3.8, 4) is 0 Å². The first-order valence-corrected chi connectivity index (χ1v) is 3.81. The Morgan fingerprint density at radius 1 is 1.58 bits per heavy atom. The summed E-state index contributed by atoms with van der Waals surface area (Å²) in [6, 6.07) is 0. The average molecular weight is 169 g/mol. The molecule has 0 spiro atoms. The van der Waals surface area contributed by atoms with E-state index in [2.05, 4.69) is 6.58 Å². The van der Waals surface area contributed by atoms with Crippen molar-refractivity contribution >= 4 is 5.97 Å². The van der Waals surface area contributed by atoms with Gasteiger partial charge in [-0.15, -0.1) is 6.58 Å². The van der Waals surface area contributed by atoms with Crippen LogP contribution in [0.2, 0.25) is 0 Å². The lowest BCUT2D eigenvalue weighted by atomic mass is 9.93. The second kappa shape index (κ2) is 4.59. The van der Waals surface area contributed by atoms with Crippen LogP contribution in [0.25, 0.3) is 0 Å². The second-order valence-corrected chi connectivity index (χ2v) is 2.87. The Kier molecular flexibility index (Phi) is 4.11. The van der Waals surface area contributed by atoms with Crippen LogP contribution in [0.1, 0.15) is 13.8 Å². The highest BCUT2D eigenvalue weighted by molar-refractivity contribution is 5.80. The van der Waals surface area contributed by atoms with Crippen molar-refractivity contribution in [3.05, 3.63) is 24.4 Å². The predicted octanol–water partition coefficient (Wildman–Crippen LogP) is 1.37. The number of aliphatic carboxylic acids is 1. The number of allylic oxidation sites excluding steroid dienone is 2. The third-order valence-electron chi connectivity index (χ3n) is 1.98. The lowest BCUT2D eigenvalue weighted by Gasteiger charge is -2.15. The van der Waals surface area contributed by atoms with Gasteiger partial charge in [0.15, 0.2) is 0 Å². The fourth-order valence-electron chi connectivity index (χ4n) is 0.782. The van der Waals surface area contributed by atoms with Gasteiger partial charge in [-0.3, -0.25) is 0 Å². The van der Waals surface area contributed by atoms with E-state index in [-0.39, 0.29) is 11.8 Å². The van der Waals surface area contributed by atoms with Crippen LogP contribution in [0.15, 0.2) is 24.4 Å². The zero-order valence-electron chi connectivity index (χ0n) is 7.45. The molecule has 0 aromatic carbocycles. The summed E-state index contributed by atoms with van der Waals surface area (Å²) >= 11 is 0. The van der Waals surface area contributed by atoms with Crippen LogP contribution in [-0.2, 0) is 4.79 Å². The smallest absolute Gasteiger partial charge is 0.330 e. The molecule has 12 heavy (non-hydrogen) atoms. The maximum Gasteiger partial charge on any atom is 0.330 e. The maximum absolute atomic E-state index is 10.2. The Morgan fingerprint density at radius 2 is 2.08 bits per heavy atom. The molecule has 0 aliphatic heterocycles. The zero-order valence-corrected chi connectivity index (χ0v) is 7.45. The fourth-order valence-corrected chi connectivity index (χ4v) is 0.782. The lowest BCUT2D eigenvalue weighted by Crippen LogP contribution is -2.16. The molecule has 2 atom stereocenters. The summed E-state index contributed by atoms with van der Waals surface area (Å²) < 4.78 is 0. The first kappa shape index (κ1) is 10.8. The summed E-state index contributed by atoms with van der Waals surface area (Å²) in [5, 5.41) is 8.41. The molecule has 0 bridgehead atoms. The quantitative estimate of drug-likeness (QED) is 0.493. The van der Waals surface area contributed by atoms with Crippen molar-refractivity contribution in [1.29, 1.82) is 0 Å². The van der Waals surface area contributed by atoms with E-state index in [0.717, 1.165) is 6.08 Å². The molecule has 0 aliphatic rings. The summed E-state index contributed by atoms with van der Waals surface area (Å²) in [6.45, 7) is 7.43. The molecule has 0 saturated carbocycles. The number of nitrogens with two attached hydrogens (primary N) is 1. The Bertz CT molecular complexity index is 209. The molecule has 68 valence electrons. The van der Waals surface area contributed by atoms with Crippen molar-refractivity contribution in [2.75, 3.05) is 0 Å². The topological polar surface area (TPSA) is 63.3 Å². The van der Waals surface area contributed by atoms with Crippen molar-refractivity contribution in [1.82, 2.24) is 0 Å². The van der Waals surface area contributed by atoms with Crippen molar-refractivity contribution in [3.63, 3.8) is 0 Å². The Labute approximate surface area is 72.6 Å². The minimum atomic E-state index is -1.00. The fraction of sp³-hybridized carbons (Fsp3) is 0.444. The minimum absolute atomic E-state index is 0.0265. The van der Waals surface area contributed by atoms with E-state index in [4.69, 9.17) is 10.8 Å². The summed E-state index contributed by atoms with van der Waals surface area (Å²) in [7, 11) is 0. The molecule has 0 fully saturated rings. The predicted molar refractivity (Wildman–Crippen MR) is 48.4 cm³/mol. The number of carboxylic acid groups (broad SMARTS) is 1. The number of hydrogen-bond acceptors (Lipinski definition) is 2. The van der Waals surface area contributed by atoms with Gasteiger partial charge in [0.2, 0.25) is 0 Å². The van der Waals surface area contributed by atoms with Gasteiger partial charge < -0.3 is 10.8 Å². The number of rotatable bonds is 4. The first-order chi connectivity index (χ1) is 5.49. The van der Waals surface area contributed by atoms with Gasteiger partial charge in [-0.1, -0.05) is 19.9 Å². The van der Waals surface area contributed by atoms with E-state index in [1.54, 1.807) is 6.08 Å². The second-order valence-electron chi connectivity index (χ2n) is 2.87. The van der Waals surface area contributed by atoms with E-state index in [9.17, 15) is 4.79 Å². The first-order valence-electron chi connectivity index (χ1n) is 3.81. The van der Waals surface area contributed by atoms with Crippen LogP contribution in [0.3, 0.4) is 0 Å². The number of carbonyl (C=O) groups is 1. The molecule has 3 nitrogen and oxygen atoms in total. The summed E-state index contributed by atoms with van der Waals surface area (Å²) in [5.41, 5.74) is 5.91. The normalized spacial score (nSPS) is 16.7. The molecule has 3 heteroatoms. The Morgan fingerprint density at radius 3 is 2.42 bits per heavy atom. The van der Waals surface area contributed by atoms with Crippen molar-refractivity contribution < 1.29 is 9.90 Å². The third-order valence-corrected chi connectivity index (χ3v) is 1.98. The highest BCUT2D eigenvalue weighted by Crippen LogP contribution is 2.16. The average Bonchev–Trinajstić information content (AvgIpc) is 2.00. The standard InChI is InChI=1S/C9H15NO2/c1-4-6(2)7(3)8(10)5-9(11)12/h4-7H,1,10H2,2-3H3,(H,11,12). The molecular weight excluding hydrogens is 154 g/mol. The summed E-state index contributed by atoms with van der Waals surface area (Å²) in [4.78, 5) is 10.2. The Balaban J connectivity index is 4.37. The van der Waals surface area contributed by atoms with Gasteiger partial charge in [-0.25, -0.2) is 4.79 Å². The van der Waals surface area contributed by atoms with Gasteiger partial charge in [0.05, 0.1) is 0 Å². The summed E-state index contributed by atoms with van der Waals surface area (Å²) in [5.74, 6) is -0.783. The molecule has 0 aromatic heterocycles. The van der Waals surface area contributed by atoms with Gasteiger partial charge >= 0.3 is 5.97 Å². The molecule has 0 radical (unpaired) electrons. The van der Waals surface area contributed by atoms with E-state index in [1.807, 2.05) is 13.8 Å². The van der Waals surface area contributed by atoms with E-state index < -0.39 is 5.97 Å². The van der Waals surface area contributed by atoms with E-state index >= 15 is 0 Å². The highest BCUT2D eigenvalue weighted by atomic mass is 16.4. The molecule has 2 unspecified atom stereocenters. The molecule has 0 aliphatic carbocycles. The van der Waals surface area contributed by atoms with Gasteiger partial charge in [0.25, 0.3) is 0 Å². The van der Waals surface area contributed by atoms with Crippen molar-refractivity contribution in [2.45, 2.75) is 13.8 Å². The molecule has 3 N–H and O–H groups in total. The van der Waals surface area contributed by atoms with Crippen LogP contribution >= 0.6 is 0 Å². The highest BCUT2D eigenvalue weighted by Gasteiger charge is 2.11. The minimum Gasteiger partial charge on any atom is -0.478 e. The largest absolute Gasteiger partial charge is 0.478 e. The SMILES string of the molecule is C=CC(C)C(C)C(N)=CC(=O)O. The molecule has 0 amide bonds. The number of carboxylic acids is 1. The zero-order chi connectivity index (χ0) is 9.72. The van der Waals surface area contributed by atoms with E-state index in [1.165, 1.54) is 0 Å². The molecule has 0 heterocycles. The van der Waals surface area contributed by atoms with Crippen LogP contribution in [0.4, 0.5) is 0 Å².